The number of hydrogen-bond donors (Lipinski definition) is 12. The lowest BCUT2D eigenvalue weighted by molar-refractivity contribution is -0.375. The summed E-state index contributed by atoms with van der Waals surface area (Å²) in [5, 5.41) is 124. The van der Waals surface area contributed by atoms with Crippen LogP contribution in [-0.2, 0) is 33.2 Å². The van der Waals surface area contributed by atoms with Crippen LogP contribution in [0.3, 0.4) is 0 Å². The third-order valence-corrected chi connectivity index (χ3v) is 8.72. The van der Waals surface area contributed by atoms with Crippen LogP contribution in [0.4, 0.5) is 0 Å². The highest BCUT2D eigenvalue weighted by molar-refractivity contribution is 5.04. The molecule has 0 aromatic carbocycles. The Hall–Kier alpha value is -0.760. The Balaban J connectivity index is 1.27. The second-order valence-electron chi connectivity index (χ2n) is 11.3. The van der Waals surface area contributed by atoms with Gasteiger partial charge in [-0.05, 0) is 0 Å². The molecule has 20 unspecified atom stereocenters. The molecule has 5 saturated heterocycles. The van der Waals surface area contributed by atoms with Crippen LogP contribution in [0, 0.1) is 5.92 Å². The second kappa shape index (κ2) is 13.5. The minimum Gasteiger partial charge on any atom is -0.394 e. The highest BCUT2D eigenvalue weighted by atomic mass is 16.8. The van der Waals surface area contributed by atoms with Crippen molar-refractivity contribution >= 4 is 0 Å². The van der Waals surface area contributed by atoms with Crippen LogP contribution in [0.1, 0.15) is 0 Å². The number of aliphatic hydroxyl groups excluding tert-OH is 12. The van der Waals surface area contributed by atoms with Gasteiger partial charge >= 0.3 is 0 Å². The van der Waals surface area contributed by atoms with Crippen molar-refractivity contribution in [3.05, 3.63) is 0 Å². The third-order valence-electron chi connectivity index (χ3n) is 8.72. The van der Waals surface area contributed by atoms with Crippen LogP contribution in [0.2, 0.25) is 0 Å². The van der Waals surface area contributed by atoms with Crippen LogP contribution < -0.4 is 0 Å². The Morgan fingerprint density at radius 3 is 1.58 bits per heavy atom. The maximum atomic E-state index is 11.0. The first kappa shape index (κ1) is 33.6. The van der Waals surface area contributed by atoms with Gasteiger partial charge in [-0.1, -0.05) is 0 Å². The molecule has 0 radical (unpaired) electrons. The number of aliphatic hydroxyl groups is 12. The smallest absolute Gasteiger partial charge is 0.187 e. The summed E-state index contributed by atoms with van der Waals surface area (Å²) in [4.78, 5) is 0. The molecule has 2 bridgehead atoms. The van der Waals surface area contributed by atoms with Gasteiger partial charge in [-0.15, -0.1) is 0 Å². The number of hydrogen-bond acceptors (Lipinski definition) is 19. The molecule has 0 aromatic heterocycles. The highest BCUT2D eigenvalue weighted by Crippen LogP contribution is 2.40. The third kappa shape index (κ3) is 6.07. The van der Waals surface area contributed by atoms with Crippen molar-refractivity contribution in [1.29, 1.82) is 0 Å². The van der Waals surface area contributed by atoms with Gasteiger partial charge in [0, 0.05) is 5.92 Å². The predicted octanol–water partition coefficient (Wildman–Crippen LogP) is -8.43. The molecule has 0 amide bonds. The molecule has 5 heterocycles. The largest absolute Gasteiger partial charge is 0.394 e. The van der Waals surface area contributed by atoms with E-state index in [1.165, 1.54) is 0 Å². The first-order valence-corrected chi connectivity index (χ1v) is 13.9. The molecule has 12 N–H and O–H groups in total. The Labute approximate surface area is 243 Å². The summed E-state index contributed by atoms with van der Waals surface area (Å²) >= 11 is 0. The Bertz CT molecular complexity index is 910. The van der Waals surface area contributed by atoms with Crippen LogP contribution in [-0.4, -0.2) is 204 Å². The van der Waals surface area contributed by atoms with Crippen LogP contribution >= 0.6 is 0 Å². The zero-order chi connectivity index (χ0) is 31.3. The molecule has 0 spiro atoms. The van der Waals surface area contributed by atoms with E-state index < -0.39 is 142 Å². The Morgan fingerprint density at radius 1 is 0.488 bits per heavy atom. The van der Waals surface area contributed by atoms with Gasteiger partial charge in [-0.3, -0.25) is 0 Å². The van der Waals surface area contributed by atoms with E-state index in [0.717, 1.165) is 0 Å². The van der Waals surface area contributed by atoms with E-state index in [0.29, 0.717) is 0 Å². The second-order valence-corrected chi connectivity index (χ2v) is 11.3. The lowest BCUT2D eigenvalue weighted by Gasteiger charge is -2.50. The molecule has 43 heavy (non-hydrogen) atoms. The molecule has 0 saturated carbocycles. The molecule has 5 aliphatic heterocycles. The van der Waals surface area contributed by atoms with Crippen LogP contribution in [0.15, 0.2) is 0 Å². The highest BCUT2D eigenvalue weighted by Gasteiger charge is 2.59. The molecule has 20 atom stereocenters. The Kier molecular flexibility index (Phi) is 10.6. The van der Waals surface area contributed by atoms with Gasteiger partial charge in [-0.2, -0.15) is 0 Å². The molecular weight excluding hydrogens is 592 g/mol. The fourth-order valence-corrected chi connectivity index (χ4v) is 6.26. The topological polar surface area (TPSA) is 307 Å². The average Bonchev–Trinajstić information content (AvgIpc) is 3.45. The van der Waals surface area contributed by atoms with Gasteiger partial charge in [0.05, 0.1) is 44.7 Å². The summed E-state index contributed by atoms with van der Waals surface area (Å²) in [6, 6.07) is 0. The standard InChI is InChI=1S/C24H40O19/c25-1-5-10(28)12(30)17(35)23(39-5)43-20-7(3-27)40-24(18(36)15(20)33)42-19-6(2-26)38-21(14(32)13(19)31)9-8-4-37-22(41-8)16(34)11(9)29/h5-36H,1-4H2. The number of fused-ring (bicyclic) bond motifs is 2. The lowest BCUT2D eigenvalue weighted by atomic mass is 9.79. The first-order valence-electron chi connectivity index (χ1n) is 13.9. The minimum atomic E-state index is -1.96. The maximum Gasteiger partial charge on any atom is 0.187 e. The van der Waals surface area contributed by atoms with Gasteiger partial charge in [0.2, 0.25) is 0 Å². The van der Waals surface area contributed by atoms with Crippen molar-refractivity contribution in [3.8, 4) is 0 Å². The van der Waals surface area contributed by atoms with Crippen molar-refractivity contribution in [2.75, 3.05) is 26.4 Å². The summed E-state index contributed by atoms with van der Waals surface area (Å²) in [7, 11) is 0. The van der Waals surface area contributed by atoms with Crippen molar-refractivity contribution in [2.24, 2.45) is 5.92 Å². The first-order chi connectivity index (χ1) is 20.4. The van der Waals surface area contributed by atoms with Gasteiger partial charge in [0.25, 0.3) is 0 Å². The summed E-state index contributed by atoms with van der Waals surface area (Å²) in [6.07, 6.45) is -30.0. The average molecular weight is 633 g/mol. The molecule has 5 fully saturated rings. The number of ether oxygens (including phenoxy) is 7. The summed E-state index contributed by atoms with van der Waals surface area (Å²) in [5.74, 6) is -1.08. The minimum absolute atomic E-state index is 0.0370. The SMILES string of the molecule is OCC1OC(OC2C(CO)OC(OC3C(CO)OC(C4C5COC(O5)C(O)C4O)C(O)C3O)C(O)C2O)C(O)C(O)C1O. The quantitative estimate of drug-likeness (QED) is 0.118. The fourth-order valence-electron chi connectivity index (χ4n) is 6.26. The van der Waals surface area contributed by atoms with Gasteiger partial charge in [0.15, 0.2) is 18.9 Å². The predicted molar refractivity (Wildman–Crippen MR) is 129 cm³/mol. The van der Waals surface area contributed by atoms with Crippen LogP contribution in [0.5, 0.6) is 0 Å². The Morgan fingerprint density at radius 2 is 1.00 bits per heavy atom. The molecule has 0 aromatic rings. The van der Waals surface area contributed by atoms with Gasteiger partial charge in [-0.25, -0.2) is 0 Å². The van der Waals surface area contributed by atoms with Crippen molar-refractivity contribution < 1.29 is 94.4 Å². The number of rotatable bonds is 8. The molecule has 5 rings (SSSR count). The molecule has 5 aliphatic rings. The summed E-state index contributed by atoms with van der Waals surface area (Å²) in [5.41, 5.74) is 0. The van der Waals surface area contributed by atoms with Crippen LogP contribution in [0.25, 0.3) is 0 Å². The molecule has 19 nitrogen and oxygen atoms in total. The zero-order valence-corrected chi connectivity index (χ0v) is 22.6. The van der Waals surface area contributed by atoms with Crippen molar-refractivity contribution in [3.63, 3.8) is 0 Å². The van der Waals surface area contributed by atoms with E-state index in [9.17, 15) is 61.3 Å². The molecule has 0 aliphatic carbocycles. The maximum absolute atomic E-state index is 11.0. The van der Waals surface area contributed by atoms with E-state index in [-0.39, 0.29) is 6.61 Å². The van der Waals surface area contributed by atoms with Crippen molar-refractivity contribution in [2.45, 2.75) is 117 Å². The fraction of sp³-hybridized carbons (Fsp3) is 1.00. The van der Waals surface area contributed by atoms with Crippen molar-refractivity contribution in [1.82, 2.24) is 0 Å². The monoisotopic (exact) mass is 632 g/mol. The lowest BCUT2D eigenvalue weighted by Crippen LogP contribution is -2.68. The van der Waals surface area contributed by atoms with Gasteiger partial charge < -0.3 is 94.4 Å². The zero-order valence-electron chi connectivity index (χ0n) is 22.6. The summed E-state index contributed by atoms with van der Waals surface area (Å²) < 4.78 is 38.6. The summed E-state index contributed by atoms with van der Waals surface area (Å²) in [6.45, 7) is -2.44. The van der Waals surface area contributed by atoms with E-state index >= 15 is 0 Å². The van der Waals surface area contributed by atoms with Gasteiger partial charge in [0.1, 0.15) is 79.4 Å². The van der Waals surface area contributed by atoms with E-state index in [4.69, 9.17) is 33.2 Å². The normalized spacial score (nSPS) is 55.8. The molecular formula is C24H40O19. The molecule has 19 heteroatoms. The molecule has 250 valence electrons. The van der Waals surface area contributed by atoms with E-state index in [2.05, 4.69) is 0 Å². The van der Waals surface area contributed by atoms with E-state index in [1.54, 1.807) is 0 Å². The van der Waals surface area contributed by atoms with E-state index in [1.807, 2.05) is 0 Å².